The van der Waals surface area contributed by atoms with E-state index in [1.165, 1.54) is 0 Å². The minimum atomic E-state index is -3.37. The fourth-order valence-electron chi connectivity index (χ4n) is 3.11. The Morgan fingerprint density at radius 2 is 1.54 bits per heavy atom. The fourth-order valence-corrected chi connectivity index (χ4v) is 4.63. The molecule has 26 heavy (non-hydrogen) atoms. The van der Waals surface area contributed by atoms with Gasteiger partial charge in [0, 0.05) is 25.3 Å². The maximum Gasteiger partial charge on any atom is 0.243 e. The quantitative estimate of drug-likeness (QED) is 0.821. The number of rotatable bonds is 6. The maximum absolute atomic E-state index is 12.8. The van der Waals surface area contributed by atoms with Gasteiger partial charge in [0.15, 0.2) is 0 Å². The van der Waals surface area contributed by atoms with Crippen LogP contribution < -0.4 is 5.32 Å². The van der Waals surface area contributed by atoms with E-state index in [9.17, 15) is 8.42 Å². The number of nitrogens with one attached hydrogen (secondary N) is 1. The van der Waals surface area contributed by atoms with E-state index in [4.69, 9.17) is 0 Å². The predicted molar refractivity (Wildman–Crippen MR) is 108 cm³/mol. The molecule has 2 aromatic carbocycles. The molecule has 1 aliphatic rings. The third-order valence-corrected chi connectivity index (χ3v) is 6.50. The molecule has 0 saturated carbocycles. The monoisotopic (exact) mass is 370 g/mol. The summed E-state index contributed by atoms with van der Waals surface area (Å²) in [6.45, 7) is 1.95. The van der Waals surface area contributed by atoms with Crippen molar-refractivity contribution in [2.45, 2.75) is 30.6 Å². The smallest absolute Gasteiger partial charge is 0.243 e. The highest BCUT2D eigenvalue weighted by Crippen LogP contribution is 2.21. The van der Waals surface area contributed by atoms with E-state index in [-0.39, 0.29) is 0 Å². The van der Waals surface area contributed by atoms with Gasteiger partial charge < -0.3 is 5.32 Å². The molecule has 0 bridgehead atoms. The van der Waals surface area contributed by atoms with E-state index in [1.54, 1.807) is 16.4 Å². The third kappa shape index (κ3) is 4.96. The van der Waals surface area contributed by atoms with Crippen LogP contribution >= 0.6 is 0 Å². The van der Waals surface area contributed by atoms with Crippen LogP contribution in [0.25, 0.3) is 6.08 Å². The number of benzene rings is 2. The topological polar surface area (TPSA) is 49.4 Å². The van der Waals surface area contributed by atoms with Crippen molar-refractivity contribution in [3.8, 4) is 0 Å². The summed E-state index contributed by atoms with van der Waals surface area (Å²) in [5, 5.41) is 3.29. The van der Waals surface area contributed by atoms with Crippen molar-refractivity contribution in [1.29, 1.82) is 0 Å². The Labute approximate surface area is 156 Å². The minimum absolute atomic E-state index is 0.379. The summed E-state index contributed by atoms with van der Waals surface area (Å²) in [5.74, 6) is 0. The fraction of sp³-hybridized carbons (Fsp3) is 0.333. The molecule has 1 heterocycles. The molecule has 3 rings (SSSR count). The Morgan fingerprint density at radius 3 is 2.19 bits per heavy atom. The molecule has 1 saturated heterocycles. The van der Waals surface area contributed by atoms with Gasteiger partial charge in [-0.2, -0.15) is 4.31 Å². The van der Waals surface area contributed by atoms with Crippen LogP contribution in [0.1, 0.15) is 31.2 Å². The Kier molecular flexibility index (Phi) is 6.47. The summed E-state index contributed by atoms with van der Waals surface area (Å²) in [6, 6.07) is 17.2. The van der Waals surface area contributed by atoms with Crippen molar-refractivity contribution in [2.75, 3.05) is 25.0 Å². The standard InChI is InChI=1S/C21H26N2O2S/c24-26(25,23-17-6-1-2-7-18-23)21-14-12-20(13-15-21)22-16-8-11-19-9-4-3-5-10-19/h3-5,8-15,22H,1-2,6-7,16-18H2/b11-8+. The second-order valence-corrected chi connectivity index (χ2v) is 8.47. The predicted octanol–water partition coefficient (Wildman–Crippen LogP) is 4.38. The van der Waals surface area contributed by atoms with Crippen molar-refractivity contribution >= 4 is 21.8 Å². The molecule has 0 atom stereocenters. The highest BCUT2D eigenvalue weighted by Gasteiger charge is 2.24. The van der Waals surface area contributed by atoms with Gasteiger partial charge in [0.25, 0.3) is 0 Å². The Hall–Kier alpha value is -2.11. The van der Waals surface area contributed by atoms with Crippen molar-refractivity contribution in [2.24, 2.45) is 0 Å². The van der Waals surface area contributed by atoms with Crippen LogP contribution in [-0.4, -0.2) is 32.4 Å². The molecule has 0 radical (unpaired) electrons. The number of hydrogen-bond donors (Lipinski definition) is 1. The molecule has 1 aliphatic heterocycles. The van der Waals surface area contributed by atoms with Crippen molar-refractivity contribution in [3.05, 3.63) is 66.2 Å². The lowest BCUT2D eigenvalue weighted by molar-refractivity contribution is 0.424. The second-order valence-electron chi connectivity index (χ2n) is 6.54. The van der Waals surface area contributed by atoms with Crippen LogP contribution in [0, 0.1) is 0 Å². The molecule has 138 valence electrons. The molecule has 4 nitrogen and oxygen atoms in total. The van der Waals surface area contributed by atoms with Crippen LogP contribution in [0.15, 0.2) is 65.6 Å². The summed E-state index contributed by atoms with van der Waals surface area (Å²) < 4.78 is 27.2. The first-order valence-electron chi connectivity index (χ1n) is 9.22. The summed E-state index contributed by atoms with van der Waals surface area (Å²) in [7, 11) is -3.37. The third-order valence-electron chi connectivity index (χ3n) is 4.59. The van der Waals surface area contributed by atoms with E-state index >= 15 is 0 Å². The average molecular weight is 371 g/mol. The number of anilines is 1. The molecule has 0 spiro atoms. The molecule has 1 fully saturated rings. The van der Waals surface area contributed by atoms with Crippen LogP contribution in [0.5, 0.6) is 0 Å². The largest absolute Gasteiger partial charge is 0.382 e. The molecule has 0 aromatic heterocycles. The van der Waals surface area contributed by atoms with Crippen LogP contribution in [0.2, 0.25) is 0 Å². The van der Waals surface area contributed by atoms with E-state index in [1.807, 2.05) is 30.3 Å². The van der Waals surface area contributed by atoms with Crippen LogP contribution in [0.3, 0.4) is 0 Å². The Morgan fingerprint density at radius 1 is 0.885 bits per heavy atom. The number of sulfonamides is 1. The summed E-state index contributed by atoms with van der Waals surface area (Å²) >= 11 is 0. The SMILES string of the molecule is O=S(=O)(c1ccc(NC/C=C/c2ccccc2)cc1)N1CCCCCC1. The molecule has 0 aliphatic carbocycles. The lowest BCUT2D eigenvalue weighted by Gasteiger charge is -2.20. The molecule has 5 heteroatoms. The normalized spacial score (nSPS) is 16.5. The maximum atomic E-state index is 12.8. The zero-order valence-corrected chi connectivity index (χ0v) is 15.8. The van der Waals surface area contributed by atoms with Gasteiger partial charge in [-0.1, -0.05) is 55.3 Å². The van der Waals surface area contributed by atoms with Crippen molar-refractivity contribution in [3.63, 3.8) is 0 Å². The lowest BCUT2D eigenvalue weighted by Crippen LogP contribution is -2.31. The first kappa shape index (κ1) is 18.7. The minimum Gasteiger partial charge on any atom is -0.382 e. The molecule has 1 N–H and O–H groups in total. The van der Waals surface area contributed by atoms with E-state index in [0.29, 0.717) is 24.5 Å². The van der Waals surface area contributed by atoms with E-state index < -0.39 is 10.0 Å². The van der Waals surface area contributed by atoms with Gasteiger partial charge in [0.05, 0.1) is 4.90 Å². The van der Waals surface area contributed by atoms with Gasteiger partial charge in [0.2, 0.25) is 10.0 Å². The zero-order chi connectivity index (χ0) is 18.2. The van der Waals surface area contributed by atoms with Gasteiger partial charge in [-0.15, -0.1) is 0 Å². The zero-order valence-electron chi connectivity index (χ0n) is 15.0. The van der Waals surface area contributed by atoms with Crippen LogP contribution in [0.4, 0.5) is 5.69 Å². The second kappa shape index (κ2) is 9.01. The number of nitrogens with zero attached hydrogens (tertiary/aromatic N) is 1. The molecular formula is C21H26N2O2S. The summed E-state index contributed by atoms with van der Waals surface area (Å²) in [5.41, 5.74) is 2.07. The molecule has 0 unspecified atom stereocenters. The number of hydrogen-bond acceptors (Lipinski definition) is 3. The first-order chi connectivity index (χ1) is 12.7. The Bertz CT molecular complexity index is 807. The molecule has 0 amide bonds. The van der Waals surface area contributed by atoms with Crippen molar-refractivity contribution in [1.82, 2.24) is 4.31 Å². The molecule has 2 aromatic rings. The van der Waals surface area contributed by atoms with Crippen LogP contribution in [-0.2, 0) is 10.0 Å². The lowest BCUT2D eigenvalue weighted by atomic mass is 10.2. The van der Waals surface area contributed by atoms with Gasteiger partial charge in [-0.05, 0) is 42.7 Å². The van der Waals surface area contributed by atoms with Gasteiger partial charge in [0.1, 0.15) is 0 Å². The van der Waals surface area contributed by atoms with E-state index in [2.05, 4.69) is 29.6 Å². The van der Waals surface area contributed by atoms with Gasteiger partial charge >= 0.3 is 0 Å². The highest BCUT2D eigenvalue weighted by molar-refractivity contribution is 7.89. The first-order valence-corrected chi connectivity index (χ1v) is 10.7. The summed E-state index contributed by atoms with van der Waals surface area (Å²) in [6.07, 6.45) is 8.25. The van der Waals surface area contributed by atoms with Gasteiger partial charge in [-0.3, -0.25) is 0 Å². The summed E-state index contributed by atoms with van der Waals surface area (Å²) in [4.78, 5) is 0.379. The average Bonchev–Trinajstić information content (AvgIpc) is 2.97. The van der Waals surface area contributed by atoms with E-state index in [0.717, 1.165) is 36.9 Å². The highest BCUT2D eigenvalue weighted by atomic mass is 32.2. The Balaban J connectivity index is 1.58. The van der Waals surface area contributed by atoms with Gasteiger partial charge in [-0.25, -0.2) is 8.42 Å². The molecular weight excluding hydrogens is 344 g/mol. The van der Waals surface area contributed by atoms with Crippen molar-refractivity contribution < 1.29 is 8.42 Å².